The van der Waals surface area contributed by atoms with Crippen LogP contribution < -0.4 is 4.72 Å². The Kier molecular flexibility index (Phi) is 1.19. The lowest BCUT2D eigenvalue weighted by molar-refractivity contribution is 0.588. The van der Waals surface area contributed by atoms with Gasteiger partial charge in [0.25, 0.3) is 0 Å². The predicted octanol–water partition coefficient (Wildman–Crippen LogP) is -0.362. The molecule has 0 saturated carbocycles. The summed E-state index contributed by atoms with van der Waals surface area (Å²) in [5.74, 6) is 0.687. The maximum absolute atomic E-state index is 11.0. The highest BCUT2D eigenvalue weighted by Gasteiger charge is 2.18. The lowest BCUT2D eigenvalue weighted by Gasteiger charge is -2.15. The van der Waals surface area contributed by atoms with Crippen LogP contribution in [0.15, 0.2) is 12.5 Å². The minimum absolute atomic E-state index is 0.135. The molecule has 0 radical (unpaired) electrons. The van der Waals surface area contributed by atoms with Crippen molar-refractivity contribution >= 4 is 15.8 Å². The summed E-state index contributed by atoms with van der Waals surface area (Å²) in [7, 11) is -3.08. The molecule has 1 aromatic rings. The number of aryl methyl sites for hydroxylation is 1. The first-order valence-corrected chi connectivity index (χ1v) is 4.83. The summed E-state index contributed by atoms with van der Waals surface area (Å²) in [6.07, 6.45) is 3.10. The summed E-state index contributed by atoms with van der Waals surface area (Å²) in [4.78, 5) is 3.81. The fraction of sp³-hybridized carbons (Fsp3) is 0.400. The van der Waals surface area contributed by atoms with Gasteiger partial charge in [0.1, 0.15) is 5.82 Å². The standard InChI is InChI=1S/C5H7N3O2S/c9-11(10)2-1-8-4-6-3-5(8)7-11/h3-4,7H,1-2H2. The van der Waals surface area contributed by atoms with E-state index in [1.807, 2.05) is 0 Å². The van der Waals surface area contributed by atoms with Crippen LogP contribution in [0.25, 0.3) is 0 Å². The van der Waals surface area contributed by atoms with Crippen LogP contribution in [0.4, 0.5) is 5.82 Å². The topological polar surface area (TPSA) is 64.0 Å². The zero-order chi connectivity index (χ0) is 7.90. The van der Waals surface area contributed by atoms with Gasteiger partial charge < -0.3 is 4.57 Å². The van der Waals surface area contributed by atoms with Crippen LogP contribution in [-0.2, 0) is 16.6 Å². The van der Waals surface area contributed by atoms with Crippen LogP contribution in [0, 0.1) is 0 Å². The fourth-order valence-corrected chi connectivity index (χ4v) is 2.04. The molecule has 0 aliphatic carbocycles. The van der Waals surface area contributed by atoms with Gasteiger partial charge in [-0.1, -0.05) is 0 Å². The van der Waals surface area contributed by atoms with E-state index in [2.05, 4.69) is 9.71 Å². The maximum atomic E-state index is 11.0. The summed E-state index contributed by atoms with van der Waals surface area (Å²) in [6.45, 7) is 0.491. The molecule has 1 N–H and O–H groups in total. The molecule has 11 heavy (non-hydrogen) atoms. The number of rotatable bonds is 0. The highest BCUT2D eigenvalue weighted by atomic mass is 32.2. The van der Waals surface area contributed by atoms with Crippen molar-refractivity contribution in [2.45, 2.75) is 6.54 Å². The van der Waals surface area contributed by atoms with Crippen molar-refractivity contribution in [1.29, 1.82) is 0 Å². The minimum atomic E-state index is -3.08. The third-order valence-corrected chi connectivity index (χ3v) is 2.81. The molecule has 1 aromatic heterocycles. The SMILES string of the molecule is O=S1(=O)CCn2cncc2N1. The second kappa shape index (κ2) is 1.97. The average Bonchev–Trinajstić information content (AvgIpc) is 2.31. The van der Waals surface area contributed by atoms with Gasteiger partial charge in [0.15, 0.2) is 0 Å². The monoisotopic (exact) mass is 173 g/mol. The molecule has 0 bridgehead atoms. The van der Waals surface area contributed by atoms with Gasteiger partial charge in [-0.3, -0.25) is 4.72 Å². The van der Waals surface area contributed by atoms with Crippen LogP contribution >= 0.6 is 0 Å². The van der Waals surface area contributed by atoms with Gasteiger partial charge in [-0.25, -0.2) is 13.4 Å². The van der Waals surface area contributed by atoms with Gasteiger partial charge in [-0.05, 0) is 0 Å². The third-order valence-electron chi connectivity index (χ3n) is 1.57. The predicted molar refractivity (Wildman–Crippen MR) is 39.6 cm³/mol. The van der Waals surface area contributed by atoms with Crippen LogP contribution in [0.1, 0.15) is 0 Å². The van der Waals surface area contributed by atoms with Crippen LogP contribution in [0.3, 0.4) is 0 Å². The summed E-state index contributed by atoms with van der Waals surface area (Å²) in [5, 5.41) is 0. The van der Waals surface area contributed by atoms with Gasteiger partial charge in [0.2, 0.25) is 10.0 Å². The molecule has 0 atom stereocenters. The number of imidazole rings is 1. The maximum Gasteiger partial charge on any atom is 0.235 e. The van der Waals surface area contributed by atoms with Crippen LogP contribution in [0.2, 0.25) is 0 Å². The molecule has 1 aliphatic rings. The Hall–Kier alpha value is -1.04. The first-order chi connectivity index (χ1) is 5.17. The van der Waals surface area contributed by atoms with E-state index in [-0.39, 0.29) is 5.75 Å². The molecule has 0 unspecified atom stereocenters. The molecule has 2 rings (SSSR count). The molecule has 0 aromatic carbocycles. The number of aromatic nitrogens is 2. The van der Waals surface area contributed by atoms with Crippen molar-refractivity contribution in [3.63, 3.8) is 0 Å². The van der Waals surface area contributed by atoms with Crippen molar-refractivity contribution in [3.05, 3.63) is 12.5 Å². The average molecular weight is 173 g/mol. The molecule has 0 amide bonds. The summed E-state index contributed by atoms with van der Waals surface area (Å²) in [6, 6.07) is 0. The zero-order valence-corrected chi connectivity index (χ0v) is 6.50. The molecule has 0 saturated heterocycles. The molecule has 6 heteroatoms. The molecule has 0 spiro atoms. The van der Waals surface area contributed by atoms with E-state index >= 15 is 0 Å². The number of fused-ring (bicyclic) bond motifs is 1. The van der Waals surface area contributed by atoms with E-state index in [1.54, 1.807) is 10.9 Å². The van der Waals surface area contributed by atoms with Crippen molar-refractivity contribution in [1.82, 2.24) is 9.55 Å². The fourth-order valence-electron chi connectivity index (χ4n) is 1.01. The highest BCUT2D eigenvalue weighted by molar-refractivity contribution is 7.92. The normalized spacial score (nSPS) is 20.4. The lowest BCUT2D eigenvalue weighted by Crippen LogP contribution is -2.27. The highest BCUT2D eigenvalue weighted by Crippen LogP contribution is 2.13. The van der Waals surface area contributed by atoms with Gasteiger partial charge in [0, 0.05) is 6.54 Å². The van der Waals surface area contributed by atoms with E-state index in [1.165, 1.54) is 6.20 Å². The van der Waals surface area contributed by atoms with Gasteiger partial charge >= 0.3 is 0 Å². The van der Waals surface area contributed by atoms with Crippen molar-refractivity contribution in [2.75, 3.05) is 10.5 Å². The Morgan fingerprint density at radius 1 is 1.64 bits per heavy atom. The number of hydrogen-bond donors (Lipinski definition) is 1. The van der Waals surface area contributed by atoms with Gasteiger partial charge in [0.05, 0.1) is 18.3 Å². The number of sulfonamides is 1. The third kappa shape index (κ3) is 1.09. The first kappa shape index (κ1) is 6.66. The van der Waals surface area contributed by atoms with E-state index in [9.17, 15) is 8.42 Å². The Morgan fingerprint density at radius 2 is 2.45 bits per heavy atom. The lowest BCUT2D eigenvalue weighted by atomic mass is 10.6. The summed E-state index contributed by atoms with van der Waals surface area (Å²) >= 11 is 0. The molecular formula is C5H7N3O2S. The number of anilines is 1. The zero-order valence-electron chi connectivity index (χ0n) is 5.69. The second-order valence-electron chi connectivity index (χ2n) is 2.39. The smallest absolute Gasteiger partial charge is 0.235 e. The Morgan fingerprint density at radius 3 is 3.27 bits per heavy atom. The van der Waals surface area contributed by atoms with E-state index in [0.29, 0.717) is 12.4 Å². The van der Waals surface area contributed by atoms with E-state index < -0.39 is 10.0 Å². The first-order valence-electron chi connectivity index (χ1n) is 3.18. The number of nitrogens with one attached hydrogen (secondary N) is 1. The summed E-state index contributed by atoms with van der Waals surface area (Å²) < 4.78 is 26.1. The molecule has 60 valence electrons. The van der Waals surface area contributed by atoms with E-state index in [0.717, 1.165) is 0 Å². The van der Waals surface area contributed by atoms with Crippen molar-refractivity contribution < 1.29 is 8.42 Å². The number of hydrogen-bond acceptors (Lipinski definition) is 3. The van der Waals surface area contributed by atoms with Gasteiger partial charge in [-0.15, -0.1) is 0 Å². The Bertz CT molecular complexity index is 367. The molecular weight excluding hydrogens is 166 g/mol. The van der Waals surface area contributed by atoms with Crippen LogP contribution in [-0.4, -0.2) is 23.7 Å². The van der Waals surface area contributed by atoms with Crippen LogP contribution in [0.5, 0.6) is 0 Å². The number of nitrogens with zero attached hydrogens (tertiary/aromatic N) is 2. The minimum Gasteiger partial charge on any atom is -0.316 e. The quantitative estimate of drug-likeness (QED) is 0.582. The largest absolute Gasteiger partial charge is 0.316 e. The van der Waals surface area contributed by atoms with Gasteiger partial charge in [-0.2, -0.15) is 0 Å². The van der Waals surface area contributed by atoms with Crippen molar-refractivity contribution in [2.24, 2.45) is 0 Å². The molecule has 5 nitrogen and oxygen atoms in total. The Balaban J connectivity index is 2.47. The molecule has 2 heterocycles. The molecule has 0 fully saturated rings. The molecule has 1 aliphatic heterocycles. The Labute approximate surface area is 64.1 Å². The van der Waals surface area contributed by atoms with Crippen molar-refractivity contribution in [3.8, 4) is 0 Å². The summed E-state index contributed by atoms with van der Waals surface area (Å²) in [5.41, 5.74) is 0. The second-order valence-corrected chi connectivity index (χ2v) is 4.24. The van der Waals surface area contributed by atoms with E-state index in [4.69, 9.17) is 0 Å².